The Balaban J connectivity index is 2.14. The molecule has 0 aliphatic heterocycles. The predicted octanol–water partition coefficient (Wildman–Crippen LogP) is 3.25. The van der Waals surface area contributed by atoms with Crippen molar-refractivity contribution in [3.63, 3.8) is 0 Å². The number of hydrogen-bond acceptors (Lipinski definition) is 2. The second-order valence-electron chi connectivity index (χ2n) is 4.06. The van der Waals surface area contributed by atoms with E-state index in [0.717, 1.165) is 17.2 Å². The first kappa shape index (κ1) is 9.78. The van der Waals surface area contributed by atoms with Gasteiger partial charge in [0.25, 0.3) is 0 Å². The number of rotatable bonds is 3. The highest BCUT2D eigenvalue weighted by Gasteiger charge is 2.28. The summed E-state index contributed by atoms with van der Waals surface area (Å²) in [6.07, 6.45) is 4.42. The van der Waals surface area contributed by atoms with Crippen molar-refractivity contribution in [1.82, 2.24) is 4.98 Å². The largest absolute Gasteiger partial charge is 0.380 e. The van der Waals surface area contributed by atoms with Crippen LogP contribution in [0.15, 0.2) is 12.3 Å². The number of nitrogens with one attached hydrogen (secondary N) is 1. The molecule has 1 heterocycles. The Morgan fingerprint density at radius 3 is 2.86 bits per heavy atom. The van der Waals surface area contributed by atoms with E-state index in [2.05, 4.69) is 24.1 Å². The summed E-state index contributed by atoms with van der Waals surface area (Å²) in [6, 6.07) is 2.49. The van der Waals surface area contributed by atoms with Crippen LogP contribution in [0.25, 0.3) is 0 Å². The summed E-state index contributed by atoms with van der Waals surface area (Å²) in [5.41, 5.74) is 2.16. The second-order valence-corrected chi connectivity index (χ2v) is 4.42. The Bertz CT molecular complexity index is 314. The van der Waals surface area contributed by atoms with Crippen molar-refractivity contribution in [2.45, 2.75) is 32.7 Å². The van der Waals surface area contributed by atoms with E-state index < -0.39 is 0 Å². The molecule has 1 N–H and O–H groups in total. The zero-order chi connectivity index (χ0) is 10.1. The fourth-order valence-electron chi connectivity index (χ4n) is 1.64. The zero-order valence-electron chi connectivity index (χ0n) is 8.55. The maximum Gasteiger partial charge on any atom is 0.152 e. The average molecular weight is 211 g/mol. The van der Waals surface area contributed by atoms with Crippen molar-refractivity contribution < 1.29 is 0 Å². The molecule has 0 amide bonds. The molecule has 76 valence electrons. The van der Waals surface area contributed by atoms with E-state index >= 15 is 0 Å². The Hall–Kier alpha value is -0.760. The van der Waals surface area contributed by atoms with Gasteiger partial charge in [0.05, 0.1) is 5.69 Å². The molecule has 3 heteroatoms. The molecule has 1 atom stereocenters. The first-order chi connectivity index (χ1) is 6.68. The van der Waals surface area contributed by atoms with E-state index in [9.17, 15) is 0 Å². The van der Waals surface area contributed by atoms with Crippen LogP contribution in [0.2, 0.25) is 5.15 Å². The number of aryl methyl sites for hydroxylation is 1. The van der Waals surface area contributed by atoms with Gasteiger partial charge < -0.3 is 5.32 Å². The monoisotopic (exact) mass is 210 g/mol. The van der Waals surface area contributed by atoms with Gasteiger partial charge in [-0.3, -0.25) is 0 Å². The Morgan fingerprint density at radius 1 is 1.57 bits per heavy atom. The molecule has 14 heavy (non-hydrogen) atoms. The number of pyridine rings is 1. The molecule has 0 bridgehead atoms. The summed E-state index contributed by atoms with van der Waals surface area (Å²) in [5, 5.41) is 4.03. The minimum Gasteiger partial charge on any atom is -0.380 e. The summed E-state index contributed by atoms with van der Waals surface area (Å²) >= 11 is 6.03. The van der Waals surface area contributed by atoms with Crippen LogP contribution in [0.5, 0.6) is 0 Å². The number of nitrogens with zero attached hydrogens (tertiary/aromatic N) is 1. The number of hydrogen-bond donors (Lipinski definition) is 1. The van der Waals surface area contributed by atoms with Gasteiger partial charge >= 0.3 is 0 Å². The number of halogens is 1. The van der Waals surface area contributed by atoms with Crippen LogP contribution in [0.4, 0.5) is 5.69 Å². The molecule has 1 aromatic heterocycles. The van der Waals surface area contributed by atoms with Gasteiger partial charge in [-0.05, 0) is 44.2 Å². The fourth-order valence-corrected chi connectivity index (χ4v) is 1.90. The van der Waals surface area contributed by atoms with Gasteiger partial charge in [0.15, 0.2) is 5.15 Å². The molecule has 1 aromatic rings. The smallest absolute Gasteiger partial charge is 0.152 e. The normalized spacial score (nSPS) is 17.9. The molecular formula is C11H15ClN2. The summed E-state index contributed by atoms with van der Waals surface area (Å²) < 4.78 is 0. The molecule has 0 radical (unpaired) electrons. The van der Waals surface area contributed by atoms with Crippen molar-refractivity contribution in [3.05, 3.63) is 23.0 Å². The molecule has 1 saturated carbocycles. The van der Waals surface area contributed by atoms with Crippen molar-refractivity contribution in [2.75, 3.05) is 5.32 Å². The Morgan fingerprint density at radius 2 is 2.29 bits per heavy atom. The van der Waals surface area contributed by atoms with E-state index in [-0.39, 0.29) is 0 Å². The minimum atomic E-state index is 0.510. The summed E-state index contributed by atoms with van der Waals surface area (Å²) in [6.45, 7) is 4.26. The zero-order valence-corrected chi connectivity index (χ0v) is 9.30. The first-order valence-electron chi connectivity index (χ1n) is 5.06. The summed E-state index contributed by atoms with van der Waals surface area (Å²) in [7, 11) is 0. The van der Waals surface area contributed by atoms with Gasteiger partial charge in [-0.1, -0.05) is 11.6 Å². The fraction of sp³-hybridized carbons (Fsp3) is 0.545. The van der Waals surface area contributed by atoms with Gasteiger partial charge in [0.1, 0.15) is 0 Å². The standard InChI is InChI=1S/C11H15ClN2/c1-7-5-6-13-11(12)10(7)14-8(2)9-3-4-9/h5-6,8-9,14H,3-4H2,1-2H3. The Labute approximate surface area is 89.7 Å². The lowest BCUT2D eigenvalue weighted by atomic mass is 10.2. The summed E-state index contributed by atoms with van der Waals surface area (Å²) in [4.78, 5) is 4.08. The lowest BCUT2D eigenvalue weighted by molar-refractivity contribution is 0.693. The molecule has 1 aliphatic carbocycles. The van der Waals surface area contributed by atoms with Crippen molar-refractivity contribution in [2.24, 2.45) is 5.92 Å². The molecule has 1 aliphatic rings. The highest BCUT2D eigenvalue weighted by atomic mass is 35.5. The van der Waals surface area contributed by atoms with E-state index in [1.807, 2.05) is 6.07 Å². The molecule has 2 nitrogen and oxygen atoms in total. The second kappa shape index (κ2) is 3.77. The van der Waals surface area contributed by atoms with Crippen LogP contribution in [-0.4, -0.2) is 11.0 Å². The predicted molar refractivity (Wildman–Crippen MR) is 59.8 cm³/mol. The Kier molecular flexibility index (Phi) is 2.64. The first-order valence-corrected chi connectivity index (χ1v) is 5.44. The van der Waals surface area contributed by atoms with Gasteiger partial charge in [0, 0.05) is 12.2 Å². The molecular weight excluding hydrogens is 196 g/mol. The van der Waals surface area contributed by atoms with E-state index in [0.29, 0.717) is 11.2 Å². The summed E-state index contributed by atoms with van der Waals surface area (Å²) in [5.74, 6) is 0.825. The van der Waals surface area contributed by atoms with Crippen LogP contribution in [0.1, 0.15) is 25.3 Å². The third-order valence-electron chi connectivity index (χ3n) is 2.81. The van der Waals surface area contributed by atoms with Crippen LogP contribution in [-0.2, 0) is 0 Å². The van der Waals surface area contributed by atoms with E-state index in [4.69, 9.17) is 11.6 Å². The van der Waals surface area contributed by atoms with E-state index in [1.165, 1.54) is 12.8 Å². The SMILES string of the molecule is Cc1ccnc(Cl)c1NC(C)C1CC1. The molecule has 2 rings (SSSR count). The minimum absolute atomic E-state index is 0.510. The highest BCUT2D eigenvalue weighted by Crippen LogP contribution is 2.35. The maximum absolute atomic E-state index is 6.03. The molecule has 0 aromatic carbocycles. The van der Waals surface area contributed by atoms with Crippen molar-refractivity contribution in [1.29, 1.82) is 0 Å². The number of aromatic nitrogens is 1. The van der Waals surface area contributed by atoms with Crippen LogP contribution >= 0.6 is 11.6 Å². The molecule has 0 saturated heterocycles. The van der Waals surface area contributed by atoms with Gasteiger partial charge in [0.2, 0.25) is 0 Å². The quantitative estimate of drug-likeness (QED) is 0.775. The van der Waals surface area contributed by atoms with E-state index in [1.54, 1.807) is 6.20 Å². The van der Waals surface area contributed by atoms with Gasteiger partial charge in [-0.25, -0.2) is 4.98 Å². The van der Waals surface area contributed by atoms with Crippen LogP contribution in [0, 0.1) is 12.8 Å². The third kappa shape index (κ3) is 2.01. The van der Waals surface area contributed by atoms with Gasteiger partial charge in [-0.2, -0.15) is 0 Å². The topological polar surface area (TPSA) is 24.9 Å². The van der Waals surface area contributed by atoms with Crippen LogP contribution < -0.4 is 5.32 Å². The maximum atomic E-state index is 6.03. The molecule has 1 unspecified atom stereocenters. The number of anilines is 1. The lowest BCUT2D eigenvalue weighted by Gasteiger charge is -2.16. The van der Waals surface area contributed by atoms with Gasteiger partial charge in [-0.15, -0.1) is 0 Å². The van der Waals surface area contributed by atoms with Crippen molar-refractivity contribution >= 4 is 17.3 Å². The third-order valence-corrected chi connectivity index (χ3v) is 3.10. The average Bonchev–Trinajstić information content (AvgIpc) is 2.94. The lowest BCUT2D eigenvalue weighted by Crippen LogP contribution is -2.18. The van der Waals surface area contributed by atoms with Crippen molar-refractivity contribution in [3.8, 4) is 0 Å². The highest BCUT2D eigenvalue weighted by molar-refractivity contribution is 6.32. The molecule has 0 spiro atoms. The molecule has 1 fully saturated rings. The van der Waals surface area contributed by atoms with Crippen LogP contribution in [0.3, 0.4) is 0 Å².